The summed E-state index contributed by atoms with van der Waals surface area (Å²) >= 11 is 0. The lowest BCUT2D eigenvalue weighted by Crippen LogP contribution is -2.25. The second kappa shape index (κ2) is 7.67. The minimum absolute atomic E-state index is 0.0827. The molecule has 154 valence electrons. The molecule has 1 fully saturated rings. The molecule has 1 saturated carbocycles. The lowest BCUT2D eigenvalue weighted by atomic mass is 9.84. The summed E-state index contributed by atoms with van der Waals surface area (Å²) in [7, 11) is 0. The van der Waals surface area contributed by atoms with Crippen LogP contribution in [0.4, 0.5) is 8.78 Å². The minimum Gasteiger partial charge on any atom is -0.446 e. The van der Waals surface area contributed by atoms with Crippen LogP contribution in [-0.4, -0.2) is 30.8 Å². The third-order valence-electron chi connectivity index (χ3n) is 5.45. The highest BCUT2D eigenvalue weighted by atomic mass is 19.3. The van der Waals surface area contributed by atoms with Crippen molar-refractivity contribution in [3.05, 3.63) is 59.2 Å². The van der Waals surface area contributed by atoms with E-state index in [1.165, 1.54) is 12.5 Å². The highest BCUT2D eigenvalue weighted by molar-refractivity contribution is 5.35. The van der Waals surface area contributed by atoms with Gasteiger partial charge in [-0.25, -0.2) is 23.4 Å². The number of nitrogens with zero attached hydrogens (tertiary/aromatic N) is 4. The second-order valence-electron chi connectivity index (χ2n) is 7.87. The van der Waals surface area contributed by atoms with Crippen molar-refractivity contribution < 1.29 is 18.3 Å². The summed E-state index contributed by atoms with van der Waals surface area (Å²) in [5.41, 5.74) is 3.10. The molecule has 1 aliphatic carbocycles. The molecule has 0 aromatic carbocycles. The fraction of sp³-hybridized carbons (Fsp3) is 0.476. The smallest absolute Gasteiger partial charge is 0.248 e. The Bertz CT molecular complexity index is 975. The van der Waals surface area contributed by atoms with Crippen molar-refractivity contribution in [2.75, 3.05) is 0 Å². The van der Waals surface area contributed by atoms with Gasteiger partial charge in [0.2, 0.25) is 11.8 Å². The van der Waals surface area contributed by atoms with Crippen LogP contribution in [-0.2, 0) is 6.42 Å². The van der Waals surface area contributed by atoms with Crippen molar-refractivity contribution in [2.24, 2.45) is 5.92 Å². The summed E-state index contributed by atoms with van der Waals surface area (Å²) in [4.78, 5) is 8.76. The third-order valence-corrected chi connectivity index (χ3v) is 5.45. The van der Waals surface area contributed by atoms with Crippen LogP contribution < -0.4 is 0 Å². The molecule has 1 unspecified atom stereocenters. The largest absolute Gasteiger partial charge is 0.446 e. The van der Waals surface area contributed by atoms with E-state index < -0.39 is 12.0 Å². The monoisotopic (exact) mass is 402 g/mol. The molecule has 0 saturated heterocycles. The fourth-order valence-corrected chi connectivity index (χ4v) is 3.94. The zero-order valence-electron chi connectivity index (χ0n) is 16.5. The molecule has 3 heterocycles. The second-order valence-corrected chi connectivity index (χ2v) is 7.87. The standard InChI is InChI=1S/C21H24F2N4O2/c1-13-9-14(2)27(26-13)18-12-16(19(28)20-24-7-8-29-20)11-17(25-18)10-15-3-5-21(22,23)6-4-15/h7-9,11-12,15,19,28H,3-6,10H2,1-2H3. The van der Waals surface area contributed by atoms with Gasteiger partial charge in [0.25, 0.3) is 0 Å². The highest BCUT2D eigenvalue weighted by Crippen LogP contribution is 2.37. The van der Waals surface area contributed by atoms with E-state index in [-0.39, 0.29) is 24.7 Å². The molecule has 3 aromatic rings. The zero-order chi connectivity index (χ0) is 20.6. The van der Waals surface area contributed by atoms with Crippen LogP contribution in [0.2, 0.25) is 0 Å². The first kappa shape index (κ1) is 19.7. The normalized spacial score (nSPS) is 18.1. The molecule has 0 amide bonds. The Balaban J connectivity index is 1.67. The number of aromatic nitrogens is 4. The molecule has 29 heavy (non-hydrogen) atoms. The molecular formula is C21H24F2N4O2. The lowest BCUT2D eigenvalue weighted by Gasteiger charge is -2.28. The van der Waals surface area contributed by atoms with Gasteiger partial charge in [-0.05, 0) is 62.8 Å². The van der Waals surface area contributed by atoms with Gasteiger partial charge in [0.15, 0.2) is 11.9 Å². The summed E-state index contributed by atoms with van der Waals surface area (Å²) in [6.07, 6.45) is 3.19. The van der Waals surface area contributed by atoms with E-state index >= 15 is 0 Å². The molecular weight excluding hydrogens is 378 g/mol. The van der Waals surface area contributed by atoms with Gasteiger partial charge in [-0.3, -0.25) is 0 Å². The van der Waals surface area contributed by atoms with E-state index in [1.54, 1.807) is 16.8 Å². The Hall–Kier alpha value is -2.61. The first-order valence-corrected chi connectivity index (χ1v) is 9.80. The van der Waals surface area contributed by atoms with Crippen LogP contribution in [0.1, 0.15) is 60.3 Å². The number of pyridine rings is 1. The molecule has 1 atom stereocenters. The van der Waals surface area contributed by atoms with E-state index in [0.717, 1.165) is 17.1 Å². The van der Waals surface area contributed by atoms with Crippen LogP contribution in [0.25, 0.3) is 5.82 Å². The molecule has 1 N–H and O–H groups in total. The van der Waals surface area contributed by atoms with Crippen molar-refractivity contribution in [2.45, 2.75) is 58.0 Å². The Morgan fingerprint density at radius 1 is 1.24 bits per heavy atom. The van der Waals surface area contributed by atoms with Crippen molar-refractivity contribution in [1.82, 2.24) is 19.7 Å². The number of aliphatic hydroxyl groups excluding tert-OH is 1. The van der Waals surface area contributed by atoms with E-state index in [0.29, 0.717) is 30.6 Å². The number of aryl methyl sites for hydroxylation is 2. The van der Waals surface area contributed by atoms with Gasteiger partial charge in [-0.2, -0.15) is 5.10 Å². The molecule has 3 aromatic heterocycles. The molecule has 0 spiro atoms. The summed E-state index contributed by atoms with van der Waals surface area (Å²) in [5.74, 6) is -1.64. The van der Waals surface area contributed by atoms with Crippen LogP contribution in [0.15, 0.2) is 35.1 Å². The number of alkyl halides is 2. The zero-order valence-corrected chi connectivity index (χ0v) is 16.5. The number of aliphatic hydroxyl groups is 1. The lowest BCUT2D eigenvalue weighted by molar-refractivity contribution is -0.0457. The van der Waals surface area contributed by atoms with Crippen molar-refractivity contribution in [3.8, 4) is 5.82 Å². The van der Waals surface area contributed by atoms with Crippen LogP contribution in [0, 0.1) is 19.8 Å². The Morgan fingerprint density at radius 3 is 2.62 bits per heavy atom. The Morgan fingerprint density at radius 2 is 2.00 bits per heavy atom. The van der Waals surface area contributed by atoms with Gasteiger partial charge in [0.1, 0.15) is 6.26 Å². The number of oxazole rings is 1. The maximum atomic E-state index is 13.5. The van der Waals surface area contributed by atoms with E-state index in [1.807, 2.05) is 19.9 Å². The Kier molecular flexibility index (Phi) is 5.21. The van der Waals surface area contributed by atoms with Crippen molar-refractivity contribution in [1.29, 1.82) is 0 Å². The van der Waals surface area contributed by atoms with Crippen LogP contribution in [0.5, 0.6) is 0 Å². The van der Waals surface area contributed by atoms with Crippen molar-refractivity contribution in [3.63, 3.8) is 0 Å². The van der Waals surface area contributed by atoms with Gasteiger partial charge in [0.05, 0.1) is 11.9 Å². The SMILES string of the molecule is Cc1cc(C)n(-c2cc(C(O)c3ncco3)cc(CC3CCC(F)(F)CC3)n2)n1. The van der Waals surface area contributed by atoms with Crippen molar-refractivity contribution >= 4 is 0 Å². The molecule has 6 nitrogen and oxygen atoms in total. The third kappa shape index (κ3) is 4.37. The predicted octanol–water partition coefficient (Wildman–Crippen LogP) is 4.32. The van der Waals surface area contributed by atoms with Gasteiger partial charge in [-0.1, -0.05) is 0 Å². The average molecular weight is 402 g/mol. The minimum atomic E-state index is -2.55. The first-order valence-electron chi connectivity index (χ1n) is 9.80. The molecule has 0 bridgehead atoms. The van der Waals surface area contributed by atoms with Gasteiger partial charge >= 0.3 is 0 Å². The molecule has 1 aliphatic rings. The molecule has 8 heteroatoms. The van der Waals surface area contributed by atoms with E-state index in [2.05, 4.69) is 10.1 Å². The number of hydrogen-bond acceptors (Lipinski definition) is 5. The predicted molar refractivity (Wildman–Crippen MR) is 102 cm³/mol. The fourth-order valence-electron chi connectivity index (χ4n) is 3.94. The number of rotatable bonds is 5. The van der Waals surface area contributed by atoms with Crippen LogP contribution in [0.3, 0.4) is 0 Å². The molecule has 4 rings (SSSR count). The Labute approximate surface area is 167 Å². The van der Waals surface area contributed by atoms with Gasteiger partial charge in [0, 0.05) is 24.2 Å². The van der Waals surface area contributed by atoms with E-state index in [4.69, 9.17) is 9.40 Å². The summed E-state index contributed by atoms with van der Waals surface area (Å²) in [5, 5.41) is 15.2. The van der Waals surface area contributed by atoms with Crippen LogP contribution >= 0.6 is 0 Å². The number of halogens is 2. The summed E-state index contributed by atoms with van der Waals surface area (Å²) in [6.45, 7) is 3.83. The average Bonchev–Trinajstić information content (AvgIpc) is 3.32. The summed E-state index contributed by atoms with van der Waals surface area (Å²) in [6, 6.07) is 5.51. The molecule has 0 aliphatic heterocycles. The summed E-state index contributed by atoms with van der Waals surface area (Å²) < 4.78 is 34.0. The maximum absolute atomic E-state index is 13.5. The maximum Gasteiger partial charge on any atom is 0.248 e. The highest BCUT2D eigenvalue weighted by Gasteiger charge is 2.35. The first-order chi connectivity index (χ1) is 13.8. The van der Waals surface area contributed by atoms with E-state index in [9.17, 15) is 13.9 Å². The number of hydrogen-bond donors (Lipinski definition) is 1. The topological polar surface area (TPSA) is 77.0 Å². The molecule has 0 radical (unpaired) electrons. The van der Waals surface area contributed by atoms with Gasteiger partial charge in [-0.15, -0.1) is 0 Å². The quantitative estimate of drug-likeness (QED) is 0.688. The van der Waals surface area contributed by atoms with Gasteiger partial charge < -0.3 is 9.52 Å².